The number of ether oxygens (including phenoxy) is 1. The van der Waals surface area contributed by atoms with E-state index in [9.17, 15) is 9.18 Å². The molecule has 1 amide bonds. The van der Waals surface area contributed by atoms with Crippen LogP contribution in [0.5, 0.6) is 5.75 Å². The largest absolute Gasteiger partial charge is 0.497 e. The van der Waals surface area contributed by atoms with Crippen molar-refractivity contribution < 1.29 is 13.9 Å². The molecule has 6 heteroatoms. The molecule has 1 fully saturated rings. The second-order valence-corrected chi connectivity index (χ2v) is 9.05. The van der Waals surface area contributed by atoms with Crippen LogP contribution in [0.2, 0.25) is 0 Å². The Morgan fingerprint density at radius 1 is 1.33 bits per heavy atom. The van der Waals surface area contributed by atoms with Gasteiger partial charge in [0.05, 0.1) is 18.8 Å². The van der Waals surface area contributed by atoms with Crippen molar-refractivity contribution in [3.8, 4) is 5.75 Å². The second-order valence-electron chi connectivity index (χ2n) is 9.05. The topological polar surface area (TPSA) is 54.5 Å². The minimum Gasteiger partial charge on any atom is -0.497 e. The minimum absolute atomic E-state index is 0.0106. The van der Waals surface area contributed by atoms with Crippen LogP contribution in [-0.2, 0) is 11.3 Å². The first-order valence-electron chi connectivity index (χ1n) is 10.5. The first-order chi connectivity index (χ1) is 14.3. The van der Waals surface area contributed by atoms with Crippen LogP contribution in [0, 0.1) is 17.2 Å². The van der Waals surface area contributed by atoms with E-state index in [0.29, 0.717) is 17.9 Å². The summed E-state index contributed by atoms with van der Waals surface area (Å²) < 4.78 is 19.5. The van der Waals surface area contributed by atoms with Crippen molar-refractivity contribution in [1.29, 1.82) is 0 Å². The lowest BCUT2D eigenvalue weighted by molar-refractivity contribution is -0.130. The Labute approximate surface area is 178 Å². The van der Waals surface area contributed by atoms with E-state index in [1.165, 1.54) is 13.2 Å². The molecule has 0 saturated carbocycles. The zero-order chi connectivity index (χ0) is 21.7. The van der Waals surface area contributed by atoms with E-state index in [1.54, 1.807) is 18.3 Å². The predicted molar refractivity (Wildman–Crippen MR) is 116 cm³/mol. The number of rotatable bonds is 6. The van der Waals surface area contributed by atoms with Gasteiger partial charge in [0.1, 0.15) is 11.6 Å². The molecule has 0 unspecified atom stereocenters. The fourth-order valence-corrected chi connectivity index (χ4v) is 3.88. The van der Waals surface area contributed by atoms with E-state index in [4.69, 9.17) is 4.74 Å². The zero-order valence-electron chi connectivity index (χ0n) is 18.3. The number of pyridine rings is 1. The van der Waals surface area contributed by atoms with Gasteiger partial charge in [-0.1, -0.05) is 32.9 Å². The van der Waals surface area contributed by atoms with Crippen molar-refractivity contribution in [3.05, 3.63) is 59.7 Å². The normalized spacial score (nSPS) is 18.6. The molecule has 0 radical (unpaired) electrons. The van der Waals surface area contributed by atoms with Gasteiger partial charge in [-0.3, -0.25) is 14.7 Å². The monoisotopic (exact) mass is 413 g/mol. The average molecular weight is 414 g/mol. The van der Waals surface area contributed by atoms with E-state index >= 15 is 0 Å². The summed E-state index contributed by atoms with van der Waals surface area (Å²) in [5.41, 5.74) is 1.05. The summed E-state index contributed by atoms with van der Waals surface area (Å²) >= 11 is 0. The van der Waals surface area contributed by atoms with Gasteiger partial charge in [0.25, 0.3) is 0 Å². The van der Waals surface area contributed by atoms with Crippen LogP contribution in [0.1, 0.15) is 50.9 Å². The Morgan fingerprint density at radius 3 is 2.77 bits per heavy atom. The number of nitrogens with one attached hydrogen (secondary N) is 1. The molecule has 1 N–H and O–H groups in total. The average Bonchev–Trinajstić information content (AvgIpc) is 2.73. The zero-order valence-corrected chi connectivity index (χ0v) is 18.3. The SMILES string of the molecule is COc1ccc(CN2CCC[C@@H]([C@H](NC(=O)C(C)(C)C)c3ccccn3)C2)c(F)c1. The summed E-state index contributed by atoms with van der Waals surface area (Å²) in [6.07, 6.45) is 3.75. The molecule has 1 aromatic carbocycles. The van der Waals surface area contributed by atoms with Crippen LogP contribution in [0.3, 0.4) is 0 Å². The summed E-state index contributed by atoms with van der Waals surface area (Å²) in [5, 5.41) is 3.24. The van der Waals surface area contributed by atoms with E-state index in [1.807, 2.05) is 39.0 Å². The number of piperidine rings is 1. The van der Waals surface area contributed by atoms with Crippen molar-refractivity contribution in [3.63, 3.8) is 0 Å². The summed E-state index contributed by atoms with van der Waals surface area (Å²) in [7, 11) is 1.54. The van der Waals surface area contributed by atoms with Crippen LogP contribution in [-0.4, -0.2) is 36.0 Å². The van der Waals surface area contributed by atoms with Gasteiger partial charge in [-0.15, -0.1) is 0 Å². The molecule has 2 aromatic rings. The summed E-state index contributed by atoms with van der Waals surface area (Å²) in [5.74, 6) is 0.490. The van der Waals surface area contributed by atoms with E-state index in [0.717, 1.165) is 31.6 Å². The molecule has 2 atom stereocenters. The van der Waals surface area contributed by atoms with Crippen molar-refractivity contribution in [2.75, 3.05) is 20.2 Å². The molecule has 0 bridgehead atoms. The van der Waals surface area contributed by atoms with E-state index < -0.39 is 5.41 Å². The minimum atomic E-state index is -0.479. The van der Waals surface area contributed by atoms with Crippen LogP contribution < -0.4 is 10.1 Å². The summed E-state index contributed by atoms with van der Waals surface area (Å²) in [6.45, 7) is 7.96. The van der Waals surface area contributed by atoms with Gasteiger partial charge in [-0.05, 0) is 43.5 Å². The highest BCUT2D eigenvalue weighted by Gasteiger charge is 2.33. The number of benzene rings is 1. The van der Waals surface area contributed by atoms with Gasteiger partial charge < -0.3 is 10.1 Å². The second kappa shape index (κ2) is 9.56. The smallest absolute Gasteiger partial charge is 0.225 e. The maximum absolute atomic E-state index is 14.4. The Balaban J connectivity index is 1.76. The van der Waals surface area contributed by atoms with E-state index in [-0.39, 0.29) is 23.7 Å². The standard InChI is InChI=1S/C24H32FN3O2/c1-24(2,3)23(29)27-22(21-9-5-6-12-26-21)18-8-7-13-28(16-18)15-17-10-11-19(30-4)14-20(17)25/h5-6,9-12,14,18,22H,7-8,13,15-16H2,1-4H3,(H,27,29)/t18-,22+/m1/s1. The lowest BCUT2D eigenvalue weighted by atomic mass is 9.86. The first-order valence-corrected chi connectivity index (χ1v) is 10.5. The number of aromatic nitrogens is 1. The molecule has 5 nitrogen and oxygen atoms in total. The maximum Gasteiger partial charge on any atom is 0.225 e. The number of amides is 1. The van der Waals surface area contributed by atoms with E-state index in [2.05, 4.69) is 15.2 Å². The number of carbonyl (C=O) groups excluding carboxylic acids is 1. The highest BCUT2D eigenvalue weighted by molar-refractivity contribution is 5.81. The maximum atomic E-state index is 14.4. The fourth-order valence-electron chi connectivity index (χ4n) is 3.88. The molecule has 30 heavy (non-hydrogen) atoms. The first kappa shape index (κ1) is 22.2. The molecule has 1 aliphatic heterocycles. The Hall–Kier alpha value is -2.47. The molecular weight excluding hydrogens is 381 g/mol. The van der Waals surface area contributed by atoms with Crippen LogP contribution in [0.25, 0.3) is 0 Å². The van der Waals surface area contributed by atoms with Gasteiger partial charge in [0.2, 0.25) is 5.91 Å². The number of halogens is 1. The molecular formula is C24H32FN3O2. The predicted octanol–water partition coefficient (Wildman–Crippen LogP) is 4.34. The molecule has 0 spiro atoms. The lowest BCUT2D eigenvalue weighted by Gasteiger charge is -2.38. The van der Waals surface area contributed by atoms with Crippen molar-refractivity contribution in [2.24, 2.45) is 11.3 Å². The van der Waals surface area contributed by atoms with Gasteiger partial charge in [0.15, 0.2) is 0 Å². The highest BCUT2D eigenvalue weighted by atomic mass is 19.1. The van der Waals surface area contributed by atoms with Crippen molar-refractivity contribution in [2.45, 2.75) is 46.2 Å². The molecule has 3 rings (SSSR count). The highest BCUT2D eigenvalue weighted by Crippen LogP contribution is 2.31. The van der Waals surface area contributed by atoms with Crippen molar-refractivity contribution >= 4 is 5.91 Å². The van der Waals surface area contributed by atoms with Crippen LogP contribution >= 0.6 is 0 Å². The molecule has 0 aliphatic carbocycles. The number of hydrogen-bond acceptors (Lipinski definition) is 4. The Kier molecular flexibility index (Phi) is 7.08. The lowest BCUT2D eigenvalue weighted by Crippen LogP contribution is -2.45. The van der Waals surface area contributed by atoms with Crippen LogP contribution in [0.15, 0.2) is 42.6 Å². The quantitative estimate of drug-likeness (QED) is 0.765. The van der Waals surface area contributed by atoms with Crippen molar-refractivity contribution in [1.82, 2.24) is 15.2 Å². The third-order valence-corrected chi connectivity index (χ3v) is 5.64. The molecule has 1 saturated heterocycles. The Morgan fingerprint density at radius 2 is 2.13 bits per heavy atom. The number of likely N-dealkylation sites (tertiary alicyclic amines) is 1. The number of nitrogens with zero attached hydrogens (tertiary/aromatic N) is 2. The third-order valence-electron chi connectivity index (χ3n) is 5.64. The van der Waals surface area contributed by atoms with Crippen LogP contribution in [0.4, 0.5) is 4.39 Å². The van der Waals surface area contributed by atoms with Gasteiger partial charge in [-0.2, -0.15) is 0 Å². The summed E-state index contributed by atoms with van der Waals surface area (Å²) in [4.78, 5) is 19.5. The summed E-state index contributed by atoms with van der Waals surface area (Å²) in [6, 6.07) is 10.6. The number of hydrogen-bond donors (Lipinski definition) is 1. The molecule has 2 heterocycles. The van der Waals surface area contributed by atoms with Gasteiger partial charge >= 0.3 is 0 Å². The molecule has 1 aliphatic rings. The number of methoxy groups -OCH3 is 1. The molecule has 162 valence electrons. The Bertz CT molecular complexity index is 851. The number of carbonyl (C=O) groups is 1. The molecule has 1 aromatic heterocycles. The van der Waals surface area contributed by atoms with Gasteiger partial charge in [0, 0.05) is 36.3 Å². The fraction of sp³-hybridized carbons (Fsp3) is 0.500. The van der Waals surface area contributed by atoms with Gasteiger partial charge in [-0.25, -0.2) is 4.39 Å². The third kappa shape index (κ3) is 5.57.